The van der Waals surface area contributed by atoms with Gasteiger partial charge in [-0.05, 0) is 18.2 Å². The molecule has 0 aliphatic heterocycles. The standard InChI is InChI=1S/C8H4F2N2O/c9-5-1-2-7(10)6(3-5)8-11-4-12-13-8/h1-4H. The molecule has 0 bridgehead atoms. The van der Waals surface area contributed by atoms with Crippen molar-refractivity contribution >= 4 is 0 Å². The van der Waals surface area contributed by atoms with Crippen LogP contribution < -0.4 is 0 Å². The van der Waals surface area contributed by atoms with Crippen molar-refractivity contribution in [2.45, 2.75) is 0 Å². The summed E-state index contributed by atoms with van der Waals surface area (Å²) >= 11 is 0. The lowest BCUT2D eigenvalue weighted by Gasteiger charge is -1.95. The Morgan fingerprint density at radius 3 is 2.77 bits per heavy atom. The Labute approximate surface area is 72.0 Å². The minimum Gasteiger partial charge on any atom is -0.334 e. The summed E-state index contributed by atoms with van der Waals surface area (Å²) in [5.41, 5.74) is -0.0301. The van der Waals surface area contributed by atoms with Gasteiger partial charge in [-0.3, -0.25) is 0 Å². The minimum absolute atomic E-state index is 0.0301. The molecule has 0 saturated carbocycles. The van der Waals surface area contributed by atoms with Gasteiger partial charge in [0.15, 0.2) is 6.33 Å². The van der Waals surface area contributed by atoms with Gasteiger partial charge in [-0.15, -0.1) is 0 Å². The third kappa shape index (κ3) is 1.40. The third-order valence-corrected chi connectivity index (χ3v) is 1.52. The smallest absolute Gasteiger partial charge is 0.260 e. The van der Waals surface area contributed by atoms with Gasteiger partial charge in [0.1, 0.15) is 11.6 Å². The zero-order chi connectivity index (χ0) is 9.26. The highest BCUT2D eigenvalue weighted by molar-refractivity contribution is 5.53. The monoisotopic (exact) mass is 182 g/mol. The van der Waals surface area contributed by atoms with E-state index in [1.54, 1.807) is 0 Å². The number of hydrogen-bond donors (Lipinski definition) is 0. The van der Waals surface area contributed by atoms with Gasteiger partial charge < -0.3 is 4.52 Å². The SMILES string of the molecule is Fc1ccc(F)c(-c2ncno2)c1. The lowest BCUT2D eigenvalue weighted by Crippen LogP contribution is -1.85. The Bertz CT molecular complexity index is 414. The first-order valence-corrected chi connectivity index (χ1v) is 3.49. The molecule has 0 saturated heterocycles. The molecular formula is C8H4F2N2O. The van der Waals surface area contributed by atoms with Gasteiger partial charge in [0.05, 0.1) is 5.56 Å². The first-order chi connectivity index (χ1) is 6.27. The van der Waals surface area contributed by atoms with E-state index in [1.165, 1.54) is 0 Å². The molecular weight excluding hydrogens is 178 g/mol. The molecule has 66 valence electrons. The Hall–Kier alpha value is -1.78. The lowest BCUT2D eigenvalue weighted by atomic mass is 10.2. The Balaban J connectivity index is 2.57. The van der Waals surface area contributed by atoms with Crippen LogP contribution in [0, 0.1) is 11.6 Å². The van der Waals surface area contributed by atoms with E-state index in [1.807, 2.05) is 0 Å². The van der Waals surface area contributed by atoms with Crippen molar-refractivity contribution in [3.63, 3.8) is 0 Å². The predicted octanol–water partition coefficient (Wildman–Crippen LogP) is 2.01. The molecule has 0 spiro atoms. The van der Waals surface area contributed by atoms with E-state index < -0.39 is 11.6 Å². The zero-order valence-electron chi connectivity index (χ0n) is 6.37. The summed E-state index contributed by atoms with van der Waals surface area (Å²) < 4.78 is 30.3. The number of halogens is 2. The van der Waals surface area contributed by atoms with Crippen molar-refractivity contribution < 1.29 is 13.3 Å². The number of rotatable bonds is 1. The van der Waals surface area contributed by atoms with E-state index in [4.69, 9.17) is 0 Å². The molecule has 1 aromatic heterocycles. The minimum atomic E-state index is -0.592. The van der Waals surface area contributed by atoms with Crippen molar-refractivity contribution in [1.29, 1.82) is 0 Å². The van der Waals surface area contributed by atoms with Gasteiger partial charge in [0.25, 0.3) is 5.89 Å². The highest BCUT2D eigenvalue weighted by atomic mass is 19.1. The number of benzene rings is 1. The molecule has 1 aromatic carbocycles. The molecule has 0 fully saturated rings. The van der Waals surface area contributed by atoms with Crippen LogP contribution in [0.2, 0.25) is 0 Å². The fourth-order valence-corrected chi connectivity index (χ4v) is 0.953. The maximum absolute atomic E-state index is 13.0. The largest absolute Gasteiger partial charge is 0.334 e. The van der Waals surface area contributed by atoms with Crippen LogP contribution in [-0.4, -0.2) is 10.1 Å². The van der Waals surface area contributed by atoms with E-state index in [0.717, 1.165) is 24.5 Å². The molecule has 0 unspecified atom stereocenters. The van der Waals surface area contributed by atoms with Crippen LogP contribution >= 0.6 is 0 Å². The summed E-state index contributed by atoms with van der Waals surface area (Å²) in [6, 6.07) is 3.03. The second kappa shape index (κ2) is 2.93. The van der Waals surface area contributed by atoms with Crippen LogP contribution in [0.3, 0.4) is 0 Å². The summed E-state index contributed by atoms with van der Waals surface area (Å²) in [5, 5.41) is 3.29. The van der Waals surface area contributed by atoms with Crippen molar-refractivity contribution in [2.75, 3.05) is 0 Å². The summed E-state index contributed by atoms with van der Waals surface area (Å²) in [4.78, 5) is 3.60. The normalized spacial score (nSPS) is 10.3. The van der Waals surface area contributed by atoms with E-state index >= 15 is 0 Å². The molecule has 0 radical (unpaired) electrons. The van der Waals surface area contributed by atoms with E-state index in [0.29, 0.717) is 0 Å². The van der Waals surface area contributed by atoms with Crippen LogP contribution in [0.15, 0.2) is 29.0 Å². The van der Waals surface area contributed by atoms with Crippen LogP contribution in [0.5, 0.6) is 0 Å². The van der Waals surface area contributed by atoms with Crippen LogP contribution in [-0.2, 0) is 0 Å². The molecule has 0 N–H and O–H groups in total. The van der Waals surface area contributed by atoms with E-state index in [9.17, 15) is 8.78 Å². The molecule has 3 nitrogen and oxygen atoms in total. The maximum atomic E-state index is 13.0. The first-order valence-electron chi connectivity index (χ1n) is 3.49. The van der Waals surface area contributed by atoms with Gasteiger partial charge in [-0.2, -0.15) is 4.98 Å². The maximum Gasteiger partial charge on any atom is 0.260 e. The fourth-order valence-electron chi connectivity index (χ4n) is 0.953. The summed E-state index contributed by atoms with van der Waals surface area (Å²) in [7, 11) is 0. The fraction of sp³-hybridized carbons (Fsp3) is 0. The zero-order valence-corrected chi connectivity index (χ0v) is 6.37. The second-order valence-electron chi connectivity index (χ2n) is 2.37. The van der Waals surface area contributed by atoms with E-state index in [2.05, 4.69) is 14.7 Å². The lowest BCUT2D eigenvalue weighted by molar-refractivity contribution is 0.427. The third-order valence-electron chi connectivity index (χ3n) is 1.52. The second-order valence-corrected chi connectivity index (χ2v) is 2.37. The highest BCUT2D eigenvalue weighted by Gasteiger charge is 2.10. The topological polar surface area (TPSA) is 38.9 Å². The van der Waals surface area contributed by atoms with Crippen molar-refractivity contribution in [2.24, 2.45) is 0 Å². The Kier molecular flexibility index (Phi) is 1.77. The molecule has 0 amide bonds. The number of hydrogen-bond acceptors (Lipinski definition) is 3. The molecule has 5 heteroatoms. The van der Waals surface area contributed by atoms with Gasteiger partial charge in [-0.1, -0.05) is 5.16 Å². The molecule has 1 heterocycles. The van der Waals surface area contributed by atoms with Gasteiger partial charge in [-0.25, -0.2) is 8.78 Å². The Morgan fingerprint density at radius 1 is 1.23 bits per heavy atom. The first kappa shape index (κ1) is 7.85. The summed E-state index contributed by atoms with van der Waals surface area (Å²) in [6.07, 6.45) is 1.12. The molecule has 13 heavy (non-hydrogen) atoms. The van der Waals surface area contributed by atoms with Crippen LogP contribution in [0.25, 0.3) is 11.5 Å². The Morgan fingerprint density at radius 2 is 2.08 bits per heavy atom. The van der Waals surface area contributed by atoms with Crippen LogP contribution in [0.4, 0.5) is 8.78 Å². The predicted molar refractivity (Wildman–Crippen MR) is 39.7 cm³/mol. The van der Waals surface area contributed by atoms with E-state index in [-0.39, 0.29) is 11.5 Å². The average molecular weight is 182 g/mol. The summed E-state index contributed by atoms with van der Waals surface area (Å²) in [5.74, 6) is -1.17. The highest BCUT2D eigenvalue weighted by Crippen LogP contribution is 2.20. The van der Waals surface area contributed by atoms with Gasteiger partial charge >= 0.3 is 0 Å². The average Bonchev–Trinajstić information content (AvgIpc) is 2.61. The summed E-state index contributed by atoms with van der Waals surface area (Å²) in [6.45, 7) is 0. The molecule has 0 atom stereocenters. The van der Waals surface area contributed by atoms with Gasteiger partial charge in [0, 0.05) is 0 Å². The van der Waals surface area contributed by atoms with Crippen molar-refractivity contribution in [3.05, 3.63) is 36.2 Å². The molecule has 2 rings (SSSR count). The quantitative estimate of drug-likeness (QED) is 0.677. The van der Waals surface area contributed by atoms with Gasteiger partial charge in [0.2, 0.25) is 0 Å². The molecule has 0 aliphatic carbocycles. The van der Waals surface area contributed by atoms with Crippen molar-refractivity contribution in [3.8, 4) is 11.5 Å². The molecule has 0 aliphatic rings. The van der Waals surface area contributed by atoms with Crippen molar-refractivity contribution in [1.82, 2.24) is 10.1 Å². The van der Waals surface area contributed by atoms with Crippen LogP contribution in [0.1, 0.15) is 0 Å². The number of nitrogens with zero attached hydrogens (tertiary/aromatic N) is 2. The number of aromatic nitrogens is 2. The molecule has 2 aromatic rings.